The maximum absolute atomic E-state index is 11.8. The molecule has 0 radical (unpaired) electrons. The summed E-state index contributed by atoms with van der Waals surface area (Å²) >= 11 is 0. The molecule has 2 rings (SSSR count). The van der Waals surface area contributed by atoms with Crippen LogP contribution in [-0.4, -0.2) is 37.1 Å². The van der Waals surface area contributed by atoms with Crippen LogP contribution in [0.5, 0.6) is 0 Å². The monoisotopic (exact) mass is 273 g/mol. The lowest BCUT2D eigenvalue weighted by Gasteiger charge is -2.30. The van der Waals surface area contributed by atoms with E-state index in [-0.39, 0.29) is 11.9 Å². The molecule has 20 heavy (non-hydrogen) atoms. The van der Waals surface area contributed by atoms with Gasteiger partial charge in [0.1, 0.15) is 0 Å². The van der Waals surface area contributed by atoms with Crippen molar-refractivity contribution in [1.29, 1.82) is 0 Å². The van der Waals surface area contributed by atoms with Crippen molar-refractivity contribution in [3.63, 3.8) is 0 Å². The van der Waals surface area contributed by atoms with Crippen molar-refractivity contribution in [3.05, 3.63) is 42.0 Å². The van der Waals surface area contributed by atoms with Crippen LogP contribution in [0.3, 0.4) is 0 Å². The fourth-order valence-corrected chi connectivity index (χ4v) is 2.58. The highest BCUT2D eigenvalue weighted by atomic mass is 16.5. The van der Waals surface area contributed by atoms with E-state index in [0.717, 1.165) is 32.5 Å². The lowest BCUT2D eigenvalue weighted by Crippen LogP contribution is -2.39. The Morgan fingerprint density at radius 1 is 1.40 bits per heavy atom. The second-order valence-electron chi connectivity index (χ2n) is 5.16. The smallest absolute Gasteiger partial charge is 0.310 e. The molecular formula is C17H23NO2. The summed E-state index contributed by atoms with van der Waals surface area (Å²) in [5.41, 5.74) is 1.21. The lowest BCUT2D eigenvalue weighted by molar-refractivity contribution is -0.149. The van der Waals surface area contributed by atoms with Gasteiger partial charge in [-0.05, 0) is 31.9 Å². The first-order chi connectivity index (χ1) is 9.79. The first kappa shape index (κ1) is 14.8. The van der Waals surface area contributed by atoms with Crippen LogP contribution in [0.1, 0.15) is 25.3 Å². The summed E-state index contributed by atoms with van der Waals surface area (Å²) in [6, 6.07) is 10.3. The maximum atomic E-state index is 11.8. The van der Waals surface area contributed by atoms with Gasteiger partial charge in [0.25, 0.3) is 0 Å². The minimum absolute atomic E-state index is 0.0377. The molecule has 0 aliphatic carbocycles. The normalized spacial score (nSPS) is 20.1. The van der Waals surface area contributed by atoms with Crippen LogP contribution >= 0.6 is 0 Å². The molecule has 1 fully saturated rings. The van der Waals surface area contributed by atoms with Crippen molar-refractivity contribution in [1.82, 2.24) is 4.90 Å². The van der Waals surface area contributed by atoms with Gasteiger partial charge in [-0.3, -0.25) is 9.69 Å². The fraction of sp³-hybridized carbons (Fsp3) is 0.471. The van der Waals surface area contributed by atoms with Gasteiger partial charge in [-0.15, -0.1) is 0 Å². The molecule has 0 unspecified atom stereocenters. The molecule has 0 saturated carbocycles. The Balaban J connectivity index is 1.81. The molecule has 1 aromatic carbocycles. The number of hydrogen-bond donors (Lipinski definition) is 0. The average Bonchev–Trinajstić information content (AvgIpc) is 2.49. The van der Waals surface area contributed by atoms with E-state index in [0.29, 0.717) is 6.61 Å². The van der Waals surface area contributed by atoms with Gasteiger partial charge in [0.05, 0.1) is 12.5 Å². The molecule has 1 saturated heterocycles. The molecule has 0 spiro atoms. The summed E-state index contributed by atoms with van der Waals surface area (Å²) in [5.74, 6) is 0.0121. The van der Waals surface area contributed by atoms with Gasteiger partial charge >= 0.3 is 5.97 Å². The summed E-state index contributed by atoms with van der Waals surface area (Å²) in [6.45, 7) is 5.11. The number of ether oxygens (including phenoxy) is 1. The van der Waals surface area contributed by atoms with Gasteiger partial charge < -0.3 is 4.74 Å². The second-order valence-corrected chi connectivity index (χ2v) is 5.16. The Morgan fingerprint density at radius 3 is 2.95 bits per heavy atom. The predicted octanol–water partition coefficient (Wildman–Crippen LogP) is 2.97. The summed E-state index contributed by atoms with van der Waals surface area (Å²) in [6.07, 6.45) is 6.33. The number of carbonyl (C=O) groups excluding carboxylic acids is 1. The summed E-state index contributed by atoms with van der Waals surface area (Å²) < 4.78 is 5.12. The van der Waals surface area contributed by atoms with Crippen molar-refractivity contribution in [3.8, 4) is 0 Å². The van der Waals surface area contributed by atoms with Crippen LogP contribution in [0.4, 0.5) is 0 Å². The largest absolute Gasteiger partial charge is 0.466 e. The molecule has 1 atom stereocenters. The average molecular weight is 273 g/mol. The number of hydrogen-bond acceptors (Lipinski definition) is 3. The van der Waals surface area contributed by atoms with E-state index < -0.39 is 0 Å². The number of likely N-dealkylation sites (tertiary alicyclic amines) is 1. The third-order valence-corrected chi connectivity index (χ3v) is 3.60. The highest BCUT2D eigenvalue weighted by molar-refractivity contribution is 5.72. The number of benzene rings is 1. The molecule has 108 valence electrons. The molecule has 1 heterocycles. The molecule has 3 nitrogen and oxygen atoms in total. The van der Waals surface area contributed by atoms with Crippen molar-refractivity contribution in [2.24, 2.45) is 5.92 Å². The van der Waals surface area contributed by atoms with Crippen LogP contribution < -0.4 is 0 Å². The van der Waals surface area contributed by atoms with Gasteiger partial charge in [-0.2, -0.15) is 0 Å². The van der Waals surface area contributed by atoms with Gasteiger partial charge in [-0.25, -0.2) is 0 Å². The lowest BCUT2D eigenvalue weighted by atomic mass is 9.98. The highest BCUT2D eigenvalue weighted by Crippen LogP contribution is 2.17. The van der Waals surface area contributed by atoms with Crippen LogP contribution in [0.2, 0.25) is 0 Å². The van der Waals surface area contributed by atoms with Crippen LogP contribution in [0, 0.1) is 5.92 Å². The van der Waals surface area contributed by atoms with Crippen LogP contribution in [0.15, 0.2) is 36.4 Å². The third kappa shape index (κ3) is 4.49. The van der Waals surface area contributed by atoms with E-state index >= 15 is 0 Å². The minimum Gasteiger partial charge on any atom is -0.466 e. The minimum atomic E-state index is -0.0377. The van der Waals surface area contributed by atoms with E-state index in [1.165, 1.54) is 5.56 Å². The van der Waals surface area contributed by atoms with E-state index in [4.69, 9.17) is 4.74 Å². The van der Waals surface area contributed by atoms with E-state index in [9.17, 15) is 4.79 Å². The standard InChI is InChI=1S/C17H23NO2/c1-2-20-17(19)16-11-7-13-18(14-16)12-6-10-15-8-4-3-5-9-15/h3-6,8-10,16H,2,7,11-14H2,1H3/b10-6+/t16-/m0/s1. The number of piperidine rings is 1. The third-order valence-electron chi connectivity index (χ3n) is 3.60. The molecule has 3 heteroatoms. The SMILES string of the molecule is CCOC(=O)[C@H]1CCCN(C/C=C/c2ccccc2)C1. The van der Waals surface area contributed by atoms with Crippen molar-refractivity contribution < 1.29 is 9.53 Å². The highest BCUT2D eigenvalue weighted by Gasteiger charge is 2.25. The summed E-state index contributed by atoms with van der Waals surface area (Å²) in [4.78, 5) is 14.1. The van der Waals surface area contributed by atoms with Crippen molar-refractivity contribution in [2.45, 2.75) is 19.8 Å². The Kier molecular flexibility index (Phi) is 5.81. The van der Waals surface area contributed by atoms with Gasteiger partial charge in [-0.1, -0.05) is 42.5 Å². The second kappa shape index (κ2) is 7.85. The van der Waals surface area contributed by atoms with E-state index in [1.807, 2.05) is 25.1 Å². The molecule has 1 aliphatic heterocycles. The first-order valence-electron chi connectivity index (χ1n) is 7.40. The Hall–Kier alpha value is -1.61. The van der Waals surface area contributed by atoms with Gasteiger partial charge in [0.15, 0.2) is 0 Å². The molecule has 1 aromatic rings. The maximum Gasteiger partial charge on any atom is 0.310 e. The van der Waals surface area contributed by atoms with Crippen molar-refractivity contribution >= 4 is 12.0 Å². The Bertz CT molecular complexity index is 442. The fourth-order valence-electron chi connectivity index (χ4n) is 2.58. The number of nitrogens with zero attached hydrogens (tertiary/aromatic N) is 1. The zero-order valence-electron chi connectivity index (χ0n) is 12.1. The Labute approximate surface area is 121 Å². The first-order valence-corrected chi connectivity index (χ1v) is 7.40. The molecule has 0 amide bonds. The van der Waals surface area contributed by atoms with Gasteiger partial charge in [0.2, 0.25) is 0 Å². The predicted molar refractivity (Wildman–Crippen MR) is 81.3 cm³/mol. The summed E-state index contributed by atoms with van der Waals surface area (Å²) in [7, 11) is 0. The zero-order chi connectivity index (χ0) is 14.2. The molecule has 1 aliphatic rings. The quantitative estimate of drug-likeness (QED) is 0.772. The van der Waals surface area contributed by atoms with Gasteiger partial charge in [0, 0.05) is 13.1 Å². The topological polar surface area (TPSA) is 29.5 Å². The van der Waals surface area contributed by atoms with Crippen molar-refractivity contribution in [2.75, 3.05) is 26.2 Å². The number of carbonyl (C=O) groups is 1. The molecule has 0 aromatic heterocycles. The van der Waals surface area contributed by atoms with E-state index in [2.05, 4.69) is 29.2 Å². The summed E-state index contributed by atoms with van der Waals surface area (Å²) in [5, 5.41) is 0. The molecular weight excluding hydrogens is 250 g/mol. The number of rotatable bonds is 5. The Morgan fingerprint density at radius 2 is 2.20 bits per heavy atom. The van der Waals surface area contributed by atoms with Crippen LogP contribution in [0.25, 0.3) is 6.08 Å². The van der Waals surface area contributed by atoms with E-state index in [1.54, 1.807) is 0 Å². The zero-order valence-corrected chi connectivity index (χ0v) is 12.1. The van der Waals surface area contributed by atoms with Crippen LogP contribution in [-0.2, 0) is 9.53 Å². The number of esters is 1. The molecule has 0 bridgehead atoms. The molecule has 0 N–H and O–H groups in total.